The molecule has 1 atom stereocenters. The molecule has 0 aliphatic heterocycles. The molecule has 3 aromatic rings. The maximum atomic E-state index is 14.3. The van der Waals surface area contributed by atoms with Gasteiger partial charge in [0.15, 0.2) is 0 Å². The summed E-state index contributed by atoms with van der Waals surface area (Å²) in [6.07, 6.45) is 0. The van der Waals surface area contributed by atoms with E-state index >= 15 is 0 Å². The van der Waals surface area contributed by atoms with Gasteiger partial charge in [-0.3, -0.25) is 0 Å². The van der Waals surface area contributed by atoms with Gasteiger partial charge < -0.3 is 5.32 Å². The first-order valence-corrected chi connectivity index (χ1v) is 8.04. The maximum absolute atomic E-state index is 14.3. The average Bonchev–Trinajstić information content (AvgIpc) is 2.96. The highest BCUT2D eigenvalue weighted by molar-refractivity contribution is 7.17. The lowest BCUT2D eigenvalue weighted by Crippen LogP contribution is -2.23. The van der Waals surface area contributed by atoms with Gasteiger partial charge in [-0.15, -0.1) is 11.3 Å². The lowest BCUT2D eigenvalue weighted by Gasteiger charge is -2.21. The zero-order valence-corrected chi connectivity index (χ0v) is 13.0. The van der Waals surface area contributed by atoms with Crippen molar-refractivity contribution in [3.63, 3.8) is 0 Å². The van der Waals surface area contributed by atoms with Gasteiger partial charge in [-0.2, -0.15) is 0 Å². The molecule has 1 aromatic heterocycles. The van der Waals surface area contributed by atoms with Crippen molar-refractivity contribution in [3.8, 4) is 0 Å². The highest BCUT2D eigenvalue weighted by Gasteiger charge is 2.19. The van der Waals surface area contributed by atoms with Gasteiger partial charge in [0.2, 0.25) is 0 Å². The van der Waals surface area contributed by atoms with Crippen LogP contribution < -0.4 is 5.32 Å². The summed E-state index contributed by atoms with van der Waals surface area (Å²) in [5.74, 6) is -0.153. The Hall–Kier alpha value is -1.71. The van der Waals surface area contributed by atoms with Crippen molar-refractivity contribution in [3.05, 3.63) is 70.4 Å². The molecular formula is C18H18FNS. The van der Waals surface area contributed by atoms with Crippen LogP contribution in [0.5, 0.6) is 0 Å². The Morgan fingerprint density at radius 3 is 2.81 bits per heavy atom. The van der Waals surface area contributed by atoms with Gasteiger partial charge in [-0.25, -0.2) is 4.39 Å². The summed E-state index contributed by atoms with van der Waals surface area (Å²) in [6.45, 7) is 4.84. The predicted molar refractivity (Wildman–Crippen MR) is 88.5 cm³/mol. The van der Waals surface area contributed by atoms with Crippen molar-refractivity contribution in [1.29, 1.82) is 0 Å². The van der Waals surface area contributed by atoms with E-state index < -0.39 is 0 Å². The summed E-state index contributed by atoms with van der Waals surface area (Å²) in [6, 6.07) is 13.5. The fraction of sp³-hybridized carbons (Fsp3) is 0.222. The molecule has 1 heterocycles. The maximum Gasteiger partial charge on any atom is 0.128 e. The highest BCUT2D eigenvalue weighted by atomic mass is 32.1. The van der Waals surface area contributed by atoms with Gasteiger partial charge in [-0.1, -0.05) is 42.8 Å². The zero-order valence-electron chi connectivity index (χ0n) is 12.2. The minimum Gasteiger partial charge on any atom is -0.306 e. The number of fused-ring (bicyclic) bond motifs is 1. The summed E-state index contributed by atoms with van der Waals surface area (Å²) in [5.41, 5.74) is 2.94. The van der Waals surface area contributed by atoms with Crippen molar-refractivity contribution in [2.45, 2.75) is 19.9 Å². The molecule has 2 aromatic carbocycles. The molecule has 108 valence electrons. The normalized spacial score (nSPS) is 12.7. The van der Waals surface area contributed by atoms with E-state index in [2.05, 4.69) is 35.8 Å². The summed E-state index contributed by atoms with van der Waals surface area (Å²) in [7, 11) is 0. The van der Waals surface area contributed by atoms with Crippen LogP contribution >= 0.6 is 11.3 Å². The second kappa shape index (κ2) is 5.96. The van der Waals surface area contributed by atoms with Crippen LogP contribution in [-0.4, -0.2) is 6.54 Å². The van der Waals surface area contributed by atoms with E-state index in [-0.39, 0.29) is 11.9 Å². The molecule has 21 heavy (non-hydrogen) atoms. The van der Waals surface area contributed by atoms with Crippen LogP contribution in [0.1, 0.15) is 29.7 Å². The van der Waals surface area contributed by atoms with Gasteiger partial charge in [0.1, 0.15) is 5.82 Å². The van der Waals surface area contributed by atoms with Crippen LogP contribution in [0.25, 0.3) is 10.1 Å². The van der Waals surface area contributed by atoms with E-state index in [4.69, 9.17) is 0 Å². The Morgan fingerprint density at radius 1 is 1.14 bits per heavy atom. The quantitative estimate of drug-likeness (QED) is 0.711. The van der Waals surface area contributed by atoms with Gasteiger partial charge in [-0.05, 0) is 41.9 Å². The molecule has 0 aliphatic rings. The molecule has 0 aliphatic carbocycles. The molecule has 0 amide bonds. The van der Waals surface area contributed by atoms with Crippen molar-refractivity contribution in [2.24, 2.45) is 0 Å². The zero-order chi connectivity index (χ0) is 14.8. The third kappa shape index (κ3) is 2.71. The Morgan fingerprint density at radius 2 is 2.00 bits per heavy atom. The van der Waals surface area contributed by atoms with Gasteiger partial charge in [0, 0.05) is 10.3 Å². The monoisotopic (exact) mass is 299 g/mol. The summed E-state index contributed by atoms with van der Waals surface area (Å²) in [4.78, 5) is 0. The van der Waals surface area contributed by atoms with E-state index in [1.807, 2.05) is 25.1 Å². The molecule has 0 spiro atoms. The first-order chi connectivity index (χ1) is 10.2. The number of halogens is 1. The first-order valence-electron chi connectivity index (χ1n) is 7.16. The Kier molecular flexibility index (Phi) is 4.04. The minimum absolute atomic E-state index is 0.114. The molecule has 0 fully saturated rings. The van der Waals surface area contributed by atoms with E-state index in [9.17, 15) is 4.39 Å². The molecule has 1 nitrogen and oxygen atoms in total. The van der Waals surface area contributed by atoms with E-state index in [0.29, 0.717) is 0 Å². The molecule has 0 saturated heterocycles. The standard InChI is InChI=1S/C18H18FNS/c1-3-20-17(15-11-12(2)7-8-16(15)19)14-6-4-5-13-9-10-21-18(13)14/h4-11,17,20H,3H2,1-2H3. The van der Waals surface area contributed by atoms with E-state index in [0.717, 1.165) is 23.2 Å². The van der Waals surface area contributed by atoms with Crippen LogP contribution in [0.4, 0.5) is 4.39 Å². The van der Waals surface area contributed by atoms with Crippen LogP contribution in [-0.2, 0) is 0 Å². The number of aryl methyl sites for hydroxylation is 1. The van der Waals surface area contributed by atoms with Gasteiger partial charge >= 0.3 is 0 Å². The van der Waals surface area contributed by atoms with E-state index in [1.165, 1.54) is 10.1 Å². The molecule has 0 radical (unpaired) electrons. The Balaban J connectivity index is 2.18. The largest absolute Gasteiger partial charge is 0.306 e. The SMILES string of the molecule is CCNC(c1cc(C)ccc1F)c1cccc2ccsc12. The van der Waals surface area contributed by atoms with Crippen molar-refractivity contribution in [2.75, 3.05) is 6.54 Å². The Labute approximate surface area is 128 Å². The molecule has 1 N–H and O–H groups in total. The van der Waals surface area contributed by atoms with Crippen LogP contribution in [0.2, 0.25) is 0 Å². The summed E-state index contributed by atoms with van der Waals surface area (Å²) >= 11 is 1.71. The van der Waals surface area contributed by atoms with Crippen molar-refractivity contribution >= 4 is 21.4 Å². The molecule has 3 heteroatoms. The van der Waals surface area contributed by atoms with Crippen LogP contribution in [0.3, 0.4) is 0 Å². The van der Waals surface area contributed by atoms with Gasteiger partial charge in [0.05, 0.1) is 6.04 Å². The van der Waals surface area contributed by atoms with E-state index in [1.54, 1.807) is 17.4 Å². The number of rotatable bonds is 4. The first kappa shape index (κ1) is 14.2. The molecule has 0 bridgehead atoms. The summed E-state index contributed by atoms with van der Waals surface area (Å²) < 4.78 is 15.5. The fourth-order valence-electron chi connectivity index (χ4n) is 2.72. The molecule has 1 unspecified atom stereocenters. The van der Waals surface area contributed by atoms with Crippen LogP contribution in [0, 0.1) is 12.7 Å². The smallest absolute Gasteiger partial charge is 0.128 e. The molecular weight excluding hydrogens is 281 g/mol. The summed E-state index contributed by atoms with van der Waals surface area (Å²) in [5, 5.41) is 6.74. The Bertz CT molecular complexity index is 763. The lowest BCUT2D eigenvalue weighted by atomic mass is 9.96. The van der Waals surface area contributed by atoms with Crippen molar-refractivity contribution in [1.82, 2.24) is 5.32 Å². The number of hydrogen-bond acceptors (Lipinski definition) is 2. The predicted octanol–water partition coefficient (Wildman–Crippen LogP) is 5.05. The second-order valence-corrected chi connectivity index (χ2v) is 6.12. The molecule has 3 rings (SSSR count). The second-order valence-electron chi connectivity index (χ2n) is 5.20. The number of hydrogen-bond donors (Lipinski definition) is 1. The highest BCUT2D eigenvalue weighted by Crippen LogP contribution is 2.33. The third-order valence-electron chi connectivity index (χ3n) is 3.69. The van der Waals surface area contributed by atoms with Crippen molar-refractivity contribution < 1.29 is 4.39 Å². The minimum atomic E-state index is -0.153. The third-order valence-corrected chi connectivity index (χ3v) is 4.67. The molecule has 0 saturated carbocycles. The van der Waals surface area contributed by atoms with Gasteiger partial charge in [0.25, 0.3) is 0 Å². The number of nitrogens with one attached hydrogen (secondary N) is 1. The number of thiophene rings is 1. The topological polar surface area (TPSA) is 12.0 Å². The fourth-order valence-corrected chi connectivity index (χ4v) is 3.66. The number of benzene rings is 2. The lowest BCUT2D eigenvalue weighted by molar-refractivity contribution is 0.560. The van der Waals surface area contributed by atoms with Crippen LogP contribution in [0.15, 0.2) is 47.8 Å². The average molecular weight is 299 g/mol.